The highest BCUT2D eigenvalue weighted by Crippen LogP contribution is 2.32. The van der Waals surface area contributed by atoms with Crippen LogP contribution in [0.1, 0.15) is 0 Å². The molecule has 0 saturated heterocycles. The van der Waals surface area contributed by atoms with Crippen LogP contribution in [0.25, 0.3) is 28.0 Å². The van der Waals surface area contributed by atoms with Gasteiger partial charge in [0.1, 0.15) is 23.2 Å². The lowest BCUT2D eigenvalue weighted by atomic mass is 10.1. The first-order chi connectivity index (χ1) is 11.2. The van der Waals surface area contributed by atoms with Crippen molar-refractivity contribution in [1.29, 1.82) is 0 Å². The standard InChI is InChI=1S/C16H9Cl2N5/c17-10-5-6-11(12(18)7-10)16-15(8-19-9-20-16)23-14-4-2-1-3-13(14)21-22-23/h1-9H. The number of hydrogen-bond acceptors (Lipinski definition) is 4. The predicted octanol–water partition coefficient (Wildman–Crippen LogP) is 4.18. The van der Waals surface area contributed by atoms with Gasteiger partial charge in [-0.15, -0.1) is 5.10 Å². The number of aromatic nitrogens is 5. The van der Waals surface area contributed by atoms with Gasteiger partial charge in [-0.1, -0.05) is 40.5 Å². The topological polar surface area (TPSA) is 56.5 Å². The summed E-state index contributed by atoms with van der Waals surface area (Å²) in [6.45, 7) is 0. The van der Waals surface area contributed by atoms with E-state index in [9.17, 15) is 0 Å². The Morgan fingerprint density at radius 2 is 1.87 bits per heavy atom. The first-order valence-corrected chi connectivity index (χ1v) is 7.56. The summed E-state index contributed by atoms with van der Waals surface area (Å²) < 4.78 is 1.70. The van der Waals surface area contributed by atoms with Crippen molar-refractivity contribution in [2.75, 3.05) is 0 Å². The first-order valence-electron chi connectivity index (χ1n) is 6.80. The molecular formula is C16H9Cl2N5. The van der Waals surface area contributed by atoms with Crippen molar-refractivity contribution in [2.24, 2.45) is 0 Å². The van der Waals surface area contributed by atoms with Crippen LogP contribution in [0, 0.1) is 0 Å². The molecule has 0 spiro atoms. The summed E-state index contributed by atoms with van der Waals surface area (Å²) in [6, 6.07) is 13.0. The first kappa shape index (κ1) is 14.1. The molecule has 2 aromatic heterocycles. The largest absolute Gasteiger partial charge is 0.243 e. The van der Waals surface area contributed by atoms with Crippen LogP contribution in [0.15, 0.2) is 55.0 Å². The van der Waals surface area contributed by atoms with Crippen LogP contribution in [0.5, 0.6) is 0 Å². The van der Waals surface area contributed by atoms with Crippen LogP contribution in [-0.2, 0) is 0 Å². The van der Waals surface area contributed by atoms with E-state index in [1.165, 1.54) is 6.33 Å². The third-order valence-corrected chi connectivity index (χ3v) is 4.01. The molecule has 5 nitrogen and oxygen atoms in total. The van der Waals surface area contributed by atoms with E-state index >= 15 is 0 Å². The number of nitrogens with zero attached hydrogens (tertiary/aromatic N) is 5. The van der Waals surface area contributed by atoms with Gasteiger partial charge in [-0.3, -0.25) is 0 Å². The summed E-state index contributed by atoms with van der Waals surface area (Å²) >= 11 is 12.3. The van der Waals surface area contributed by atoms with Gasteiger partial charge in [-0.25, -0.2) is 14.6 Å². The summed E-state index contributed by atoms with van der Waals surface area (Å²) in [5.41, 5.74) is 3.79. The van der Waals surface area contributed by atoms with E-state index in [-0.39, 0.29) is 0 Å². The van der Waals surface area contributed by atoms with Gasteiger partial charge < -0.3 is 0 Å². The van der Waals surface area contributed by atoms with E-state index in [1.54, 1.807) is 23.0 Å². The van der Waals surface area contributed by atoms with Crippen LogP contribution >= 0.6 is 23.2 Å². The van der Waals surface area contributed by atoms with E-state index in [0.717, 1.165) is 16.6 Å². The quantitative estimate of drug-likeness (QED) is 0.548. The molecule has 4 aromatic rings. The van der Waals surface area contributed by atoms with Gasteiger partial charge in [0.2, 0.25) is 0 Å². The molecule has 112 valence electrons. The smallest absolute Gasteiger partial charge is 0.116 e. The Bertz CT molecular complexity index is 1010. The zero-order valence-electron chi connectivity index (χ0n) is 11.7. The summed E-state index contributed by atoms with van der Waals surface area (Å²) in [6.07, 6.45) is 3.16. The summed E-state index contributed by atoms with van der Waals surface area (Å²) in [4.78, 5) is 8.49. The number of halogens is 2. The second kappa shape index (κ2) is 5.61. The average Bonchev–Trinajstić information content (AvgIpc) is 2.99. The van der Waals surface area contributed by atoms with Crippen LogP contribution in [0.3, 0.4) is 0 Å². The summed E-state index contributed by atoms with van der Waals surface area (Å²) in [7, 11) is 0. The molecule has 0 radical (unpaired) electrons. The number of fused-ring (bicyclic) bond motifs is 1. The second-order valence-corrected chi connectivity index (χ2v) is 5.71. The summed E-state index contributed by atoms with van der Waals surface area (Å²) in [5.74, 6) is 0. The number of rotatable bonds is 2. The SMILES string of the molecule is Clc1ccc(-c2ncncc2-n2nnc3ccccc32)c(Cl)c1. The Kier molecular flexibility index (Phi) is 3.44. The fraction of sp³-hybridized carbons (Fsp3) is 0. The van der Waals surface area contributed by atoms with Crippen molar-refractivity contribution in [2.45, 2.75) is 0 Å². The van der Waals surface area contributed by atoms with Crippen molar-refractivity contribution in [3.8, 4) is 16.9 Å². The molecule has 7 heteroatoms. The highest BCUT2D eigenvalue weighted by molar-refractivity contribution is 6.36. The van der Waals surface area contributed by atoms with Crippen LogP contribution < -0.4 is 0 Å². The number of benzene rings is 2. The van der Waals surface area contributed by atoms with Crippen LogP contribution in [-0.4, -0.2) is 25.0 Å². The highest BCUT2D eigenvalue weighted by Gasteiger charge is 2.15. The van der Waals surface area contributed by atoms with E-state index in [2.05, 4.69) is 20.3 Å². The molecule has 0 aliphatic rings. The van der Waals surface area contributed by atoms with Crippen molar-refractivity contribution < 1.29 is 0 Å². The molecule has 0 unspecified atom stereocenters. The van der Waals surface area contributed by atoms with E-state index in [0.29, 0.717) is 21.4 Å². The molecule has 0 atom stereocenters. The van der Waals surface area contributed by atoms with Gasteiger partial charge in [0.15, 0.2) is 0 Å². The maximum atomic E-state index is 6.33. The highest BCUT2D eigenvalue weighted by atomic mass is 35.5. The monoisotopic (exact) mass is 341 g/mol. The molecule has 0 saturated carbocycles. The Balaban J connectivity index is 1.97. The minimum Gasteiger partial charge on any atom is -0.243 e. The van der Waals surface area contributed by atoms with Crippen LogP contribution in [0.2, 0.25) is 10.0 Å². The Morgan fingerprint density at radius 3 is 2.74 bits per heavy atom. The predicted molar refractivity (Wildman–Crippen MR) is 89.9 cm³/mol. The molecule has 23 heavy (non-hydrogen) atoms. The minimum absolute atomic E-state index is 0.516. The Labute approximate surface area is 141 Å². The fourth-order valence-corrected chi connectivity index (χ4v) is 2.91. The number of para-hydroxylation sites is 1. The minimum atomic E-state index is 0.516. The van der Waals surface area contributed by atoms with Crippen LogP contribution in [0.4, 0.5) is 0 Å². The van der Waals surface area contributed by atoms with Gasteiger partial charge in [-0.2, -0.15) is 0 Å². The zero-order chi connectivity index (χ0) is 15.8. The van der Waals surface area contributed by atoms with Crippen molar-refractivity contribution in [3.63, 3.8) is 0 Å². The second-order valence-electron chi connectivity index (χ2n) is 4.87. The Hall–Kier alpha value is -2.50. The zero-order valence-corrected chi connectivity index (χ0v) is 13.2. The van der Waals surface area contributed by atoms with E-state index < -0.39 is 0 Å². The molecule has 4 rings (SSSR count). The molecule has 0 bridgehead atoms. The summed E-state index contributed by atoms with van der Waals surface area (Å²) in [5, 5.41) is 9.47. The van der Waals surface area contributed by atoms with E-state index in [1.807, 2.05) is 30.3 Å². The molecule has 2 aromatic carbocycles. The molecule has 0 aliphatic heterocycles. The molecule has 2 heterocycles. The maximum absolute atomic E-state index is 6.33. The molecule has 0 amide bonds. The van der Waals surface area contributed by atoms with Gasteiger partial charge >= 0.3 is 0 Å². The van der Waals surface area contributed by atoms with Crippen molar-refractivity contribution in [3.05, 3.63) is 65.0 Å². The fourth-order valence-electron chi connectivity index (χ4n) is 2.41. The normalized spacial score (nSPS) is 11.0. The molecule has 0 fully saturated rings. The van der Waals surface area contributed by atoms with E-state index in [4.69, 9.17) is 23.2 Å². The molecule has 0 N–H and O–H groups in total. The molecule has 0 aliphatic carbocycles. The number of hydrogen-bond donors (Lipinski definition) is 0. The third kappa shape index (κ3) is 2.44. The van der Waals surface area contributed by atoms with Gasteiger partial charge in [-0.05, 0) is 30.3 Å². The van der Waals surface area contributed by atoms with Gasteiger partial charge in [0.05, 0.1) is 16.7 Å². The van der Waals surface area contributed by atoms with Crippen molar-refractivity contribution in [1.82, 2.24) is 25.0 Å². The van der Waals surface area contributed by atoms with Gasteiger partial charge in [0.25, 0.3) is 0 Å². The van der Waals surface area contributed by atoms with Crippen molar-refractivity contribution >= 4 is 34.2 Å². The molecular weight excluding hydrogens is 333 g/mol. The lowest BCUT2D eigenvalue weighted by molar-refractivity contribution is 0.816. The third-order valence-electron chi connectivity index (χ3n) is 3.46. The lowest BCUT2D eigenvalue weighted by Gasteiger charge is -2.10. The lowest BCUT2D eigenvalue weighted by Crippen LogP contribution is -2.02. The maximum Gasteiger partial charge on any atom is 0.116 e. The average molecular weight is 342 g/mol. The Morgan fingerprint density at radius 1 is 1.00 bits per heavy atom. The van der Waals surface area contributed by atoms with Gasteiger partial charge in [0, 0.05) is 10.6 Å².